The van der Waals surface area contributed by atoms with Gasteiger partial charge in [0.05, 0.1) is 20.3 Å². The zero-order chi connectivity index (χ0) is 13.0. The summed E-state index contributed by atoms with van der Waals surface area (Å²) < 4.78 is 15.5. The van der Waals surface area contributed by atoms with Gasteiger partial charge in [0.25, 0.3) is 0 Å². The Bertz CT molecular complexity index is 434. The van der Waals surface area contributed by atoms with Crippen LogP contribution in [0.1, 0.15) is 5.56 Å². The van der Waals surface area contributed by atoms with Crippen LogP contribution < -0.4 is 14.8 Å². The Morgan fingerprint density at radius 3 is 3.00 bits per heavy atom. The quantitative estimate of drug-likeness (QED) is 0.806. The van der Waals surface area contributed by atoms with E-state index in [-0.39, 0.29) is 19.3 Å². The van der Waals surface area contributed by atoms with Crippen molar-refractivity contribution >= 4 is 6.09 Å². The molecule has 0 bridgehead atoms. The van der Waals surface area contributed by atoms with Gasteiger partial charge in [-0.3, -0.25) is 0 Å². The lowest BCUT2D eigenvalue weighted by Gasteiger charge is -2.13. The minimum absolute atomic E-state index is 0.144. The molecule has 1 heterocycles. The zero-order valence-corrected chi connectivity index (χ0v) is 10.0. The van der Waals surface area contributed by atoms with Crippen molar-refractivity contribution in [3.05, 3.63) is 23.8 Å². The van der Waals surface area contributed by atoms with Crippen molar-refractivity contribution in [1.82, 2.24) is 5.32 Å². The highest BCUT2D eigenvalue weighted by molar-refractivity contribution is 5.69. The molecule has 0 saturated carbocycles. The van der Waals surface area contributed by atoms with E-state index in [0.717, 1.165) is 0 Å². The fourth-order valence-corrected chi connectivity index (χ4v) is 1.65. The molecule has 98 valence electrons. The summed E-state index contributed by atoms with van der Waals surface area (Å²) in [6.45, 7) is 0.538. The van der Waals surface area contributed by atoms with Crippen molar-refractivity contribution in [3.63, 3.8) is 0 Å². The molecule has 18 heavy (non-hydrogen) atoms. The monoisotopic (exact) mass is 253 g/mol. The molecule has 1 amide bonds. The van der Waals surface area contributed by atoms with Gasteiger partial charge in [0.1, 0.15) is 18.1 Å². The number of hydrogen-bond donors (Lipinski definition) is 2. The number of ether oxygens (including phenoxy) is 3. The first-order valence-corrected chi connectivity index (χ1v) is 5.58. The predicted molar refractivity (Wildman–Crippen MR) is 62.7 cm³/mol. The standard InChI is InChI=1S/C12H15NO5/c1-16-9-2-3-11(8(4-9)6-14)17-7-10-5-13-12(15)18-10/h2-4,10,14H,5-7H2,1H3,(H,13,15). The van der Waals surface area contributed by atoms with E-state index in [1.54, 1.807) is 25.3 Å². The smallest absolute Gasteiger partial charge is 0.407 e. The summed E-state index contributed by atoms with van der Waals surface area (Å²) in [6, 6.07) is 5.16. The molecule has 0 spiro atoms. The van der Waals surface area contributed by atoms with Crippen LogP contribution in [0.5, 0.6) is 11.5 Å². The number of carbonyl (C=O) groups is 1. The van der Waals surface area contributed by atoms with Crippen molar-refractivity contribution in [1.29, 1.82) is 0 Å². The van der Waals surface area contributed by atoms with E-state index < -0.39 is 6.09 Å². The molecule has 1 aliphatic heterocycles. The van der Waals surface area contributed by atoms with Crippen LogP contribution >= 0.6 is 0 Å². The van der Waals surface area contributed by atoms with E-state index in [1.807, 2.05) is 0 Å². The maximum absolute atomic E-state index is 10.8. The van der Waals surface area contributed by atoms with E-state index in [9.17, 15) is 9.90 Å². The maximum Gasteiger partial charge on any atom is 0.407 e. The van der Waals surface area contributed by atoms with Gasteiger partial charge in [-0.1, -0.05) is 0 Å². The highest BCUT2D eigenvalue weighted by Gasteiger charge is 2.23. The maximum atomic E-state index is 10.8. The number of rotatable bonds is 5. The lowest BCUT2D eigenvalue weighted by Crippen LogP contribution is -2.22. The second kappa shape index (κ2) is 5.59. The number of aliphatic hydroxyl groups is 1. The topological polar surface area (TPSA) is 77.0 Å². The van der Waals surface area contributed by atoms with Crippen LogP contribution in [-0.4, -0.2) is 37.6 Å². The van der Waals surface area contributed by atoms with E-state index >= 15 is 0 Å². The van der Waals surface area contributed by atoms with Gasteiger partial charge in [-0.25, -0.2) is 4.79 Å². The number of benzene rings is 1. The number of nitrogens with one attached hydrogen (secondary N) is 1. The third kappa shape index (κ3) is 2.84. The van der Waals surface area contributed by atoms with Gasteiger partial charge in [-0.2, -0.15) is 0 Å². The first-order valence-electron chi connectivity index (χ1n) is 5.58. The Hall–Kier alpha value is -1.95. The average molecular weight is 253 g/mol. The summed E-state index contributed by atoms with van der Waals surface area (Å²) in [5, 5.41) is 11.8. The molecule has 6 nitrogen and oxygen atoms in total. The van der Waals surface area contributed by atoms with Crippen molar-refractivity contribution in [3.8, 4) is 11.5 Å². The minimum Gasteiger partial charge on any atom is -0.497 e. The molecule has 1 aliphatic rings. The predicted octanol–water partition coefficient (Wildman–Crippen LogP) is 0.675. The van der Waals surface area contributed by atoms with Crippen LogP contribution in [0.2, 0.25) is 0 Å². The SMILES string of the molecule is COc1ccc(OCC2CNC(=O)O2)c(CO)c1. The van der Waals surface area contributed by atoms with Gasteiger partial charge in [0, 0.05) is 5.56 Å². The molecule has 6 heteroatoms. The Morgan fingerprint density at radius 1 is 1.56 bits per heavy atom. The number of aliphatic hydroxyl groups excluding tert-OH is 1. The second-order valence-corrected chi connectivity index (χ2v) is 3.85. The molecular formula is C12H15NO5. The van der Waals surface area contributed by atoms with Gasteiger partial charge in [-0.15, -0.1) is 0 Å². The van der Waals surface area contributed by atoms with E-state index in [1.165, 1.54) is 0 Å². The fraction of sp³-hybridized carbons (Fsp3) is 0.417. The van der Waals surface area contributed by atoms with Gasteiger partial charge < -0.3 is 24.6 Å². The fourth-order valence-electron chi connectivity index (χ4n) is 1.65. The highest BCUT2D eigenvalue weighted by Crippen LogP contribution is 2.24. The highest BCUT2D eigenvalue weighted by atomic mass is 16.6. The average Bonchev–Trinajstić information content (AvgIpc) is 2.82. The first kappa shape index (κ1) is 12.5. The minimum atomic E-state index is -0.430. The summed E-state index contributed by atoms with van der Waals surface area (Å²) >= 11 is 0. The molecule has 1 aromatic carbocycles. The number of hydrogen-bond acceptors (Lipinski definition) is 5. The molecule has 1 unspecified atom stereocenters. The third-order valence-corrected chi connectivity index (χ3v) is 2.61. The molecule has 1 atom stereocenters. The van der Waals surface area contributed by atoms with Crippen LogP contribution in [0, 0.1) is 0 Å². The number of amides is 1. The normalized spacial score (nSPS) is 18.1. The summed E-state index contributed by atoms with van der Waals surface area (Å²) in [6.07, 6.45) is -0.730. The summed E-state index contributed by atoms with van der Waals surface area (Å²) in [4.78, 5) is 10.8. The Kier molecular flexibility index (Phi) is 3.88. The summed E-state index contributed by atoms with van der Waals surface area (Å²) in [7, 11) is 1.56. The summed E-state index contributed by atoms with van der Waals surface area (Å²) in [5.74, 6) is 1.21. The number of carbonyl (C=O) groups excluding carboxylic acids is 1. The molecule has 1 fully saturated rings. The Labute approximate surface area is 104 Å². The largest absolute Gasteiger partial charge is 0.497 e. The third-order valence-electron chi connectivity index (χ3n) is 2.61. The lowest BCUT2D eigenvalue weighted by molar-refractivity contribution is 0.103. The second-order valence-electron chi connectivity index (χ2n) is 3.85. The number of methoxy groups -OCH3 is 1. The number of cyclic esters (lactones) is 1. The zero-order valence-electron chi connectivity index (χ0n) is 10.0. The lowest BCUT2D eigenvalue weighted by atomic mass is 10.2. The molecular weight excluding hydrogens is 238 g/mol. The Morgan fingerprint density at radius 2 is 2.39 bits per heavy atom. The first-order chi connectivity index (χ1) is 8.72. The van der Waals surface area contributed by atoms with Crippen molar-refractivity contribution in [2.75, 3.05) is 20.3 Å². The van der Waals surface area contributed by atoms with Gasteiger partial charge in [0.15, 0.2) is 6.10 Å². The number of alkyl carbamates (subject to hydrolysis) is 1. The molecule has 2 rings (SSSR count). The molecule has 1 aromatic rings. The van der Waals surface area contributed by atoms with Crippen molar-refractivity contribution < 1.29 is 24.1 Å². The molecule has 1 saturated heterocycles. The molecule has 0 aliphatic carbocycles. The van der Waals surface area contributed by atoms with Crippen LogP contribution in [0.3, 0.4) is 0 Å². The van der Waals surface area contributed by atoms with Gasteiger partial charge >= 0.3 is 6.09 Å². The van der Waals surface area contributed by atoms with Crippen molar-refractivity contribution in [2.24, 2.45) is 0 Å². The summed E-state index contributed by atoms with van der Waals surface area (Å²) in [5.41, 5.74) is 0.631. The van der Waals surface area contributed by atoms with Crippen molar-refractivity contribution in [2.45, 2.75) is 12.7 Å². The molecule has 0 radical (unpaired) electrons. The van der Waals surface area contributed by atoms with Gasteiger partial charge in [0.2, 0.25) is 0 Å². The van der Waals surface area contributed by atoms with Crippen LogP contribution in [0.4, 0.5) is 4.79 Å². The van der Waals surface area contributed by atoms with Gasteiger partial charge in [-0.05, 0) is 18.2 Å². The van der Waals surface area contributed by atoms with E-state index in [0.29, 0.717) is 23.6 Å². The van der Waals surface area contributed by atoms with Crippen LogP contribution in [-0.2, 0) is 11.3 Å². The molecule has 0 aromatic heterocycles. The van der Waals surface area contributed by atoms with Crippen LogP contribution in [0.25, 0.3) is 0 Å². The van der Waals surface area contributed by atoms with E-state index in [2.05, 4.69) is 5.32 Å². The van der Waals surface area contributed by atoms with E-state index in [4.69, 9.17) is 14.2 Å². The van der Waals surface area contributed by atoms with Crippen LogP contribution in [0.15, 0.2) is 18.2 Å². The Balaban J connectivity index is 1.98. The molecule has 2 N–H and O–H groups in total.